The molecular formula is C24H28N2O2S2. The molecule has 6 rings (SSSR count). The zero-order chi connectivity index (χ0) is 20.9. The minimum absolute atomic E-state index is 0.138. The van der Waals surface area contributed by atoms with Crippen molar-refractivity contribution in [3.63, 3.8) is 0 Å². The lowest BCUT2D eigenvalue weighted by molar-refractivity contribution is -0.00972. The third-order valence-electron chi connectivity index (χ3n) is 7.18. The van der Waals surface area contributed by atoms with Gasteiger partial charge in [-0.3, -0.25) is 0 Å². The van der Waals surface area contributed by atoms with Crippen molar-refractivity contribution < 1.29 is 9.53 Å². The van der Waals surface area contributed by atoms with Gasteiger partial charge in [-0.25, -0.2) is 4.79 Å². The first-order chi connectivity index (χ1) is 14.5. The third-order valence-corrected chi connectivity index (χ3v) is 8.41. The Hall–Kier alpha value is -1.92. The Morgan fingerprint density at radius 3 is 2.27 bits per heavy atom. The molecule has 6 heteroatoms. The number of hydrogen-bond acceptors (Lipinski definition) is 4. The van der Waals surface area contributed by atoms with Crippen molar-refractivity contribution in [3.05, 3.63) is 40.8 Å². The summed E-state index contributed by atoms with van der Waals surface area (Å²) in [5.41, 5.74) is 2.65. The van der Waals surface area contributed by atoms with Crippen LogP contribution in [0.25, 0.3) is 11.1 Å². The van der Waals surface area contributed by atoms with Gasteiger partial charge < -0.3 is 15.4 Å². The number of esters is 1. The number of rotatable bonds is 4. The van der Waals surface area contributed by atoms with Crippen LogP contribution in [0.2, 0.25) is 0 Å². The van der Waals surface area contributed by atoms with E-state index in [0.29, 0.717) is 10.7 Å². The molecule has 4 aliphatic carbocycles. The fraction of sp³-hybridized carbons (Fsp3) is 0.500. The van der Waals surface area contributed by atoms with E-state index in [9.17, 15) is 4.79 Å². The highest BCUT2D eigenvalue weighted by Crippen LogP contribution is 2.55. The van der Waals surface area contributed by atoms with Gasteiger partial charge in [-0.05, 0) is 81.0 Å². The van der Waals surface area contributed by atoms with E-state index < -0.39 is 0 Å². The number of hydrogen-bond donors (Lipinski definition) is 2. The summed E-state index contributed by atoms with van der Waals surface area (Å²) in [7, 11) is 1.43. The second-order valence-corrected chi connectivity index (χ2v) is 11.0. The Bertz CT molecular complexity index is 947. The maximum absolute atomic E-state index is 12.7. The van der Waals surface area contributed by atoms with Crippen LogP contribution in [-0.4, -0.2) is 23.7 Å². The summed E-state index contributed by atoms with van der Waals surface area (Å²) in [5, 5.41) is 8.46. The fourth-order valence-corrected chi connectivity index (χ4v) is 7.97. The van der Waals surface area contributed by atoms with Crippen LogP contribution in [0.1, 0.15) is 53.8 Å². The molecule has 0 aliphatic heterocycles. The van der Waals surface area contributed by atoms with E-state index in [0.717, 1.165) is 38.8 Å². The molecule has 30 heavy (non-hydrogen) atoms. The Kier molecular flexibility index (Phi) is 5.10. The molecule has 4 saturated carbocycles. The van der Waals surface area contributed by atoms with Crippen LogP contribution in [-0.2, 0) is 4.74 Å². The van der Waals surface area contributed by atoms with Crippen molar-refractivity contribution >= 4 is 39.6 Å². The normalized spacial score (nSPS) is 28.9. The zero-order valence-corrected chi connectivity index (χ0v) is 19.1. The average Bonchev–Trinajstić information content (AvgIpc) is 3.02. The van der Waals surface area contributed by atoms with Gasteiger partial charge in [0.15, 0.2) is 5.11 Å². The van der Waals surface area contributed by atoms with E-state index in [1.54, 1.807) is 11.3 Å². The molecule has 0 saturated heterocycles. The standard InChI is InChI=1S/C24H28N2O2S2/c1-14-19(18-6-4-3-5-7-18)20(22(27)28-2)21(30-14)25-23(29)26-24-11-15-8-16(12-24)10-17(9-15)13-24/h3-7,15-17H,8-13H2,1-2H3,(H2,25,26,29). The lowest BCUT2D eigenvalue weighted by Gasteiger charge is -2.57. The third kappa shape index (κ3) is 3.54. The molecule has 0 amide bonds. The molecule has 2 N–H and O–H groups in total. The molecule has 1 aromatic carbocycles. The van der Waals surface area contributed by atoms with Crippen molar-refractivity contribution in [1.82, 2.24) is 5.32 Å². The largest absolute Gasteiger partial charge is 0.465 e. The summed E-state index contributed by atoms with van der Waals surface area (Å²) < 4.78 is 5.13. The minimum Gasteiger partial charge on any atom is -0.465 e. The van der Waals surface area contributed by atoms with Crippen LogP contribution < -0.4 is 10.6 Å². The molecule has 0 radical (unpaired) electrons. The SMILES string of the molecule is COC(=O)c1c(NC(=S)NC23CC4CC(CC(C4)C2)C3)sc(C)c1-c1ccccc1. The van der Waals surface area contributed by atoms with E-state index in [-0.39, 0.29) is 11.5 Å². The van der Waals surface area contributed by atoms with Gasteiger partial charge in [0.1, 0.15) is 10.6 Å². The smallest absolute Gasteiger partial charge is 0.341 e. The topological polar surface area (TPSA) is 50.4 Å². The number of nitrogens with one attached hydrogen (secondary N) is 2. The van der Waals surface area contributed by atoms with E-state index in [2.05, 4.69) is 10.6 Å². The highest BCUT2D eigenvalue weighted by atomic mass is 32.1. The zero-order valence-electron chi connectivity index (χ0n) is 17.5. The summed E-state index contributed by atoms with van der Waals surface area (Å²) in [6.07, 6.45) is 7.88. The lowest BCUT2D eigenvalue weighted by Crippen LogP contribution is -2.60. The number of benzene rings is 1. The number of carbonyl (C=O) groups is 1. The van der Waals surface area contributed by atoms with Crippen molar-refractivity contribution in [1.29, 1.82) is 0 Å². The molecule has 1 aromatic heterocycles. The molecular weight excluding hydrogens is 412 g/mol. The van der Waals surface area contributed by atoms with Crippen molar-refractivity contribution in [2.24, 2.45) is 17.8 Å². The van der Waals surface area contributed by atoms with Crippen LogP contribution in [0.15, 0.2) is 30.3 Å². The van der Waals surface area contributed by atoms with E-state index in [4.69, 9.17) is 17.0 Å². The Morgan fingerprint density at radius 1 is 1.10 bits per heavy atom. The van der Waals surface area contributed by atoms with Crippen LogP contribution in [0.5, 0.6) is 0 Å². The van der Waals surface area contributed by atoms with Crippen LogP contribution in [0.4, 0.5) is 5.00 Å². The van der Waals surface area contributed by atoms with Crippen molar-refractivity contribution in [3.8, 4) is 11.1 Å². The Balaban J connectivity index is 1.41. The number of carbonyl (C=O) groups excluding carboxylic acids is 1. The quantitative estimate of drug-likeness (QED) is 0.467. The highest BCUT2D eigenvalue weighted by Gasteiger charge is 2.51. The number of ether oxygens (including phenoxy) is 1. The predicted octanol–water partition coefficient (Wildman–Crippen LogP) is 5.77. The number of thiophene rings is 1. The molecule has 0 unspecified atom stereocenters. The lowest BCUT2D eigenvalue weighted by atomic mass is 9.53. The molecule has 1 heterocycles. The van der Waals surface area contributed by atoms with Crippen LogP contribution in [0, 0.1) is 24.7 Å². The van der Waals surface area contributed by atoms with Gasteiger partial charge in [-0.2, -0.15) is 0 Å². The van der Waals surface area contributed by atoms with Gasteiger partial charge in [0.05, 0.1) is 7.11 Å². The monoisotopic (exact) mass is 440 g/mol. The summed E-state index contributed by atoms with van der Waals surface area (Å²) >= 11 is 7.32. The van der Waals surface area contributed by atoms with Gasteiger partial charge >= 0.3 is 5.97 Å². The van der Waals surface area contributed by atoms with Crippen molar-refractivity contribution in [2.45, 2.75) is 51.0 Å². The molecule has 158 valence electrons. The molecule has 4 bridgehead atoms. The summed E-state index contributed by atoms with van der Waals surface area (Å²) in [6.45, 7) is 2.04. The first-order valence-corrected chi connectivity index (χ1v) is 12.0. The van der Waals surface area contributed by atoms with E-state index in [1.165, 1.54) is 45.6 Å². The van der Waals surface area contributed by atoms with Crippen LogP contribution >= 0.6 is 23.6 Å². The molecule has 2 aromatic rings. The second kappa shape index (κ2) is 7.65. The summed E-state index contributed by atoms with van der Waals surface area (Å²) in [5.74, 6) is 2.22. The predicted molar refractivity (Wildman–Crippen MR) is 126 cm³/mol. The number of thiocarbonyl (C=S) groups is 1. The van der Waals surface area contributed by atoms with E-state index >= 15 is 0 Å². The molecule has 4 aliphatic rings. The molecule has 0 spiro atoms. The van der Waals surface area contributed by atoms with Crippen LogP contribution in [0.3, 0.4) is 0 Å². The number of aryl methyl sites for hydroxylation is 1. The molecule has 4 nitrogen and oxygen atoms in total. The minimum atomic E-state index is -0.335. The number of methoxy groups -OCH3 is 1. The van der Waals surface area contributed by atoms with Gasteiger partial charge in [0.25, 0.3) is 0 Å². The Morgan fingerprint density at radius 2 is 1.70 bits per heavy atom. The van der Waals surface area contributed by atoms with E-state index in [1.807, 2.05) is 37.3 Å². The first kappa shape index (κ1) is 20.0. The first-order valence-electron chi connectivity index (χ1n) is 10.8. The fourth-order valence-electron chi connectivity index (χ4n) is 6.52. The maximum Gasteiger partial charge on any atom is 0.341 e. The van der Waals surface area contributed by atoms with Gasteiger partial charge in [-0.15, -0.1) is 11.3 Å². The van der Waals surface area contributed by atoms with Gasteiger partial charge in [0, 0.05) is 16.0 Å². The average molecular weight is 441 g/mol. The summed E-state index contributed by atoms with van der Waals surface area (Å²) in [4.78, 5) is 13.8. The highest BCUT2D eigenvalue weighted by molar-refractivity contribution is 7.80. The van der Waals surface area contributed by atoms with Crippen molar-refractivity contribution in [2.75, 3.05) is 12.4 Å². The Labute approximate surface area is 187 Å². The number of anilines is 1. The second-order valence-electron chi connectivity index (χ2n) is 9.37. The van der Waals surface area contributed by atoms with Gasteiger partial charge in [-0.1, -0.05) is 30.3 Å². The molecule has 4 fully saturated rings. The molecule has 0 atom stereocenters. The van der Waals surface area contributed by atoms with Gasteiger partial charge in [0.2, 0.25) is 0 Å². The summed E-state index contributed by atoms with van der Waals surface area (Å²) in [6, 6.07) is 10.0. The maximum atomic E-state index is 12.7.